The van der Waals surface area contributed by atoms with Gasteiger partial charge in [0.15, 0.2) is 36.4 Å². The van der Waals surface area contributed by atoms with Crippen LogP contribution in [0.2, 0.25) is 0 Å². The molecular weight excluding hydrogens is 2010 g/mol. The van der Waals surface area contributed by atoms with Gasteiger partial charge in [-0.25, -0.2) is 65.9 Å². The summed E-state index contributed by atoms with van der Waals surface area (Å²) in [5, 5.41) is 10.2. The van der Waals surface area contributed by atoms with Crippen LogP contribution in [0, 0.1) is 41.4 Å². The monoisotopic (exact) mass is 2130 g/mol. The third-order valence-corrected chi connectivity index (χ3v) is 28.1. The highest BCUT2D eigenvalue weighted by molar-refractivity contribution is 7.88. The van der Waals surface area contributed by atoms with E-state index in [-0.39, 0.29) is 226 Å². The molecule has 0 aromatic heterocycles. The Hall–Kier alpha value is -14.4. The Kier molecular flexibility index (Phi) is 38.6. The zero-order valence-corrected chi connectivity index (χ0v) is 84.7. The Bertz CT molecular complexity index is 5890. The average molecular weight is 2130 g/mol. The first-order valence-corrected chi connectivity index (χ1v) is 50.8. The van der Waals surface area contributed by atoms with E-state index in [1.165, 1.54) is 33.8 Å². The number of amides is 6. The van der Waals surface area contributed by atoms with Gasteiger partial charge in [-0.3, -0.25) is 42.5 Å². The summed E-state index contributed by atoms with van der Waals surface area (Å²) in [6, 6.07) is 9.52. The molecule has 50 heteroatoms. The number of hydroxylamine groups is 2. The Balaban J connectivity index is 0.000000163. The molecule has 18 rings (SSSR count). The summed E-state index contributed by atoms with van der Waals surface area (Å²) in [6.45, 7) is 39.9. The van der Waals surface area contributed by atoms with Crippen LogP contribution in [0.25, 0.3) is 0 Å². The van der Waals surface area contributed by atoms with Crippen molar-refractivity contribution >= 4 is 134 Å². The standard InChI is InChI=1S/C15H19NO6.C14H19NO7S.C14H17NO7.C13H15NO6.2C12H10O4.C11H19NO4S.C8H9NO4/c1-7(2)13(17)20-4-3-16-15(19)22-11-8-5-9-10(6-8)14(18)21-12(9)11;1-7(2)13(16)20-4-3-15-14(17)21-11-8-5-9-10(6-8)23(18,19)22-12(9)11;1-6(2)12(16)19-4-3-15-14(18)22-10-8-5-7-9(20-8)11(10)21-13(7)17;1-5(2)12(16)18-4-8(15)14-9-7-3-6-10(19-7)11(9)20-13(6)17;1-7(2)12(14)15-9-4-3-8-5-11(13)16-10(8)6-9;1-7(2)12(14)15-9-5-3-4-8-6-10(13)16-11(8)9;1-8(2)11(13)16-10-6-4-9(5-7-10)12-17(3,14)15;1-5(2)8(12)13-9-6(10)3-4-7(9)11/h8-12H,1,3-6H2,2H3,(H,16,19);8-12H,1,3-6H2,2H3,(H,15,17);7-11H,1,3-5H2,2H3,(H,15,18);6-7,9-11H,1,3-4H2,2H3,(H,14,15);3-4,6H,1,5H2,2H3;3-5H,1,6H2,2H3;9-10,12H,1,4-7H2,2-3H3;1,3-4H2,2H3. The van der Waals surface area contributed by atoms with E-state index in [9.17, 15) is 108 Å². The summed E-state index contributed by atoms with van der Waals surface area (Å²) in [4.78, 5) is 220. The van der Waals surface area contributed by atoms with E-state index in [4.69, 9.17) is 84.7 Å². The average Bonchev–Trinajstić information content (AvgIpc) is 1.53. The lowest BCUT2D eigenvalue weighted by Crippen LogP contribution is -2.50. The number of fused-ring (bicyclic) bond motifs is 6. The zero-order chi connectivity index (χ0) is 109. The fraction of sp³-hybridized carbons (Fsp3) is 0.525. The number of hydrogen-bond donors (Lipinski definition) is 5. The fourth-order valence-corrected chi connectivity index (χ4v) is 21.3. The van der Waals surface area contributed by atoms with Gasteiger partial charge in [-0.2, -0.15) is 8.42 Å². The van der Waals surface area contributed by atoms with Crippen molar-refractivity contribution in [2.75, 3.05) is 52.3 Å². The van der Waals surface area contributed by atoms with Crippen molar-refractivity contribution < 1.29 is 197 Å². The minimum atomic E-state index is -3.52. The summed E-state index contributed by atoms with van der Waals surface area (Å²) in [7, 11) is -6.67. The van der Waals surface area contributed by atoms with E-state index in [0.717, 1.165) is 30.2 Å². The fourth-order valence-electron chi connectivity index (χ4n) is 18.6. The Morgan fingerprint density at radius 3 is 1.46 bits per heavy atom. The van der Waals surface area contributed by atoms with Crippen molar-refractivity contribution in [3.63, 3.8) is 0 Å². The highest BCUT2D eigenvalue weighted by Crippen LogP contribution is 2.57. The number of nitrogens with zero attached hydrogens (tertiary/aromatic N) is 1. The van der Waals surface area contributed by atoms with Crippen LogP contribution in [0.5, 0.6) is 23.0 Å². The first-order chi connectivity index (χ1) is 70.1. The van der Waals surface area contributed by atoms with Crippen molar-refractivity contribution in [3.8, 4) is 23.0 Å². The maximum Gasteiger partial charge on any atom is 0.407 e. The molecule has 2 aromatic carbocycles. The number of hydrogen-bond acceptors (Lipinski definition) is 42. The van der Waals surface area contributed by atoms with Crippen molar-refractivity contribution in [1.29, 1.82) is 0 Å². The molecule has 20 unspecified atom stereocenters. The van der Waals surface area contributed by atoms with Crippen LogP contribution in [0.4, 0.5) is 14.4 Å². The predicted octanol–water partition coefficient (Wildman–Crippen LogP) is 4.73. The van der Waals surface area contributed by atoms with Crippen LogP contribution in [0.3, 0.4) is 0 Å². The molecule has 20 atom stereocenters. The van der Waals surface area contributed by atoms with Crippen LogP contribution in [0.1, 0.15) is 144 Å². The van der Waals surface area contributed by atoms with E-state index < -0.39 is 134 Å². The summed E-state index contributed by atoms with van der Waals surface area (Å²) in [5.41, 5.74) is 3.80. The maximum absolute atomic E-state index is 11.8. The number of carbonyl (C=O) groups excluding carboxylic acids is 19. The second-order valence-electron chi connectivity index (χ2n) is 37.7. The van der Waals surface area contributed by atoms with E-state index in [1.807, 2.05) is 0 Å². The normalized spacial score (nSPS) is 27.6. The first-order valence-electron chi connectivity index (χ1n) is 47.4. The largest absolute Gasteiger partial charge is 0.460 e. The summed E-state index contributed by atoms with van der Waals surface area (Å²) in [6.07, 6.45) is 2.18. The molecule has 0 spiro atoms. The van der Waals surface area contributed by atoms with Crippen LogP contribution in [-0.2, 0) is 180 Å². The molecule has 0 radical (unpaired) electrons. The molecule has 48 nitrogen and oxygen atoms in total. The summed E-state index contributed by atoms with van der Waals surface area (Å²) >= 11 is 0. The smallest absolute Gasteiger partial charge is 0.407 e. The number of carbonyl (C=O) groups is 19. The van der Waals surface area contributed by atoms with Crippen molar-refractivity contribution in [3.05, 3.63) is 145 Å². The minimum absolute atomic E-state index is 0.000494. The molecule has 11 heterocycles. The van der Waals surface area contributed by atoms with Crippen LogP contribution < -0.4 is 44.9 Å². The lowest BCUT2D eigenvalue weighted by molar-refractivity contribution is -0.194. The molecule has 14 fully saturated rings. The molecule has 5 saturated carbocycles. The third-order valence-electron chi connectivity index (χ3n) is 25.6. The van der Waals surface area contributed by atoms with Crippen molar-refractivity contribution in [2.45, 2.75) is 236 Å². The molecular formula is C99H118N6O42S2. The molecule has 808 valence electrons. The van der Waals surface area contributed by atoms with E-state index in [2.05, 4.69) is 83.5 Å². The molecule has 5 N–H and O–H groups in total. The molecule has 2 aromatic rings. The summed E-state index contributed by atoms with van der Waals surface area (Å²) in [5.74, 6) is -5.70. The van der Waals surface area contributed by atoms with Gasteiger partial charge in [-0.05, 0) is 132 Å². The number of nitrogens with one attached hydrogen (secondary N) is 5. The van der Waals surface area contributed by atoms with Gasteiger partial charge in [-0.1, -0.05) is 70.8 Å². The number of esters is 12. The Morgan fingerprint density at radius 2 is 0.919 bits per heavy atom. The number of rotatable bonds is 29. The van der Waals surface area contributed by atoms with E-state index >= 15 is 0 Å². The number of benzene rings is 2. The second kappa shape index (κ2) is 50.1. The molecule has 16 aliphatic rings. The molecule has 11 aliphatic heterocycles. The number of para-hydroxylation sites is 1. The van der Waals surface area contributed by atoms with Gasteiger partial charge in [0.25, 0.3) is 27.8 Å². The van der Waals surface area contributed by atoms with Gasteiger partial charge in [0, 0.05) is 104 Å². The van der Waals surface area contributed by atoms with Gasteiger partial charge < -0.3 is 107 Å². The van der Waals surface area contributed by atoms with Gasteiger partial charge in [0.05, 0.1) is 80.0 Å². The number of ether oxygens (including phenoxy) is 17. The van der Waals surface area contributed by atoms with Gasteiger partial charge in [0.2, 0.25) is 10.0 Å². The topological polar surface area (TPSA) is 631 Å². The number of sulfonamides is 1. The molecule has 8 bridgehead atoms. The Labute approximate surface area is 855 Å². The lowest BCUT2D eigenvalue weighted by Gasteiger charge is -2.28. The highest BCUT2D eigenvalue weighted by Gasteiger charge is 2.68. The lowest BCUT2D eigenvalue weighted by atomic mass is 9.86. The molecule has 6 amide bonds. The quantitative estimate of drug-likeness (QED) is 0.0140. The first kappa shape index (κ1) is 115. The van der Waals surface area contributed by atoms with Crippen LogP contribution >= 0.6 is 0 Å². The zero-order valence-electron chi connectivity index (χ0n) is 83.1. The SMILES string of the molecule is C=C(C)C(=O)OC1CCC(NS(C)(=O)=O)CC1.C=C(C)C(=O)OCC(=O)NC1C2CC3C(=O)OC1C3O2.C=C(C)C(=O)OCCNC(=O)OC1C2CC3C(=O)OC1C3C2.C=C(C)C(=O)OCCNC(=O)OC1C2CC3C(=O)OC1C3O2.C=C(C)C(=O)OCCNC(=O)OC1C2CC3C1OS(=O)(=O)C3C2.C=C(C)C(=O)ON1C(=O)CCC1=O.C=C(C)C(=O)Oc1ccc2c(c1)OC(=O)C2.C=C(C)C(=O)Oc1cccc2c1OC(=O)C2. The van der Waals surface area contributed by atoms with E-state index in [1.54, 1.807) is 58.0 Å². The van der Waals surface area contributed by atoms with Gasteiger partial charge in [-0.15, -0.1) is 5.06 Å². The van der Waals surface area contributed by atoms with Gasteiger partial charge >= 0.3 is 95.9 Å². The van der Waals surface area contributed by atoms with E-state index in [0.29, 0.717) is 102 Å². The van der Waals surface area contributed by atoms with Crippen molar-refractivity contribution in [1.82, 2.24) is 31.1 Å². The Morgan fingerprint density at radius 1 is 0.456 bits per heavy atom. The number of alkyl carbamates (subject to hydrolysis) is 3. The van der Waals surface area contributed by atoms with Gasteiger partial charge in [0.1, 0.15) is 74.0 Å². The van der Waals surface area contributed by atoms with Crippen LogP contribution in [0.15, 0.2) is 134 Å². The maximum atomic E-state index is 11.8. The van der Waals surface area contributed by atoms with Crippen molar-refractivity contribution in [2.24, 2.45) is 41.4 Å². The second-order valence-corrected chi connectivity index (χ2v) is 41.3. The molecule has 9 saturated heterocycles. The highest BCUT2D eigenvalue weighted by atomic mass is 32.2. The van der Waals surface area contributed by atoms with Crippen LogP contribution in [-0.4, -0.2) is 278 Å². The minimum Gasteiger partial charge on any atom is -0.460 e. The molecule has 5 aliphatic carbocycles. The number of imide groups is 1. The third kappa shape index (κ3) is 30.0. The predicted molar refractivity (Wildman–Crippen MR) is 506 cm³/mol. The summed E-state index contributed by atoms with van der Waals surface area (Å²) < 4.78 is 141. The molecule has 149 heavy (non-hydrogen) atoms.